The molecule has 0 unspecified atom stereocenters. The molecule has 2 aromatic rings. The molecule has 1 saturated heterocycles. The zero-order valence-corrected chi connectivity index (χ0v) is 19.0. The highest BCUT2D eigenvalue weighted by Crippen LogP contribution is 2.30. The van der Waals surface area contributed by atoms with Gasteiger partial charge in [-0.2, -0.15) is 0 Å². The van der Waals surface area contributed by atoms with E-state index < -0.39 is 0 Å². The summed E-state index contributed by atoms with van der Waals surface area (Å²) in [6, 6.07) is 11.4. The van der Waals surface area contributed by atoms with Crippen molar-refractivity contribution < 1.29 is 14.3 Å². The first kappa shape index (κ1) is 22.8. The maximum absolute atomic E-state index is 13.0. The van der Waals surface area contributed by atoms with Crippen molar-refractivity contribution in [3.63, 3.8) is 0 Å². The van der Waals surface area contributed by atoms with Crippen LogP contribution in [0.25, 0.3) is 0 Å². The summed E-state index contributed by atoms with van der Waals surface area (Å²) in [6.45, 7) is 7.94. The van der Waals surface area contributed by atoms with E-state index in [-0.39, 0.29) is 17.7 Å². The van der Waals surface area contributed by atoms with Crippen molar-refractivity contribution in [1.29, 1.82) is 0 Å². The van der Waals surface area contributed by atoms with Crippen LogP contribution in [0.4, 0.5) is 0 Å². The van der Waals surface area contributed by atoms with Crippen LogP contribution in [-0.2, 0) is 11.3 Å². The first-order valence-electron chi connectivity index (χ1n) is 11.0. The number of pyridine rings is 1. The standard InChI is InChI=1S/C25H33N3O3/c1-17(2)14-23(29)28-12-10-20(11-13-28)24-22(9-8-18(3)27-24)25(30)26-16-19-6-5-7-21(15-19)31-4/h5-9,15,17,20H,10-14,16H2,1-4H3,(H,26,30). The van der Waals surface area contributed by atoms with Gasteiger partial charge in [-0.15, -0.1) is 0 Å². The topological polar surface area (TPSA) is 71.5 Å². The van der Waals surface area contributed by atoms with Gasteiger partial charge in [0, 0.05) is 37.7 Å². The summed E-state index contributed by atoms with van der Waals surface area (Å²) in [5.41, 5.74) is 3.35. The maximum Gasteiger partial charge on any atom is 0.253 e. The smallest absolute Gasteiger partial charge is 0.253 e. The molecule has 6 heteroatoms. The zero-order valence-electron chi connectivity index (χ0n) is 19.0. The van der Waals surface area contributed by atoms with Crippen molar-refractivity contribution in [3.05, 3.63) is 58.9 Å². The van der Waals surface area contributed by atoms with Gasteiger partial charge < -0.3 is 15.0 Å². The summed E-state index contributed by atoms with van der Waals surface area (Å²) in [7, 11) is 1.63. The molecule has 2 heterocycles. The highest BCUT2D eigenvalue weighted by molar-refractivity contribution is 5.95. The Labute approximate surface area is 185 Å². The number of aromatic nitrogens is 1. The van der Waals surface area contributed by atoms with Crippen molar-refractivity contribution >= 4 is 11.8 Å². The average molecular weight is 424 g/mol. The van der Waals surface area contributed by atoms with Crippen LogP contribution in [0.3, 0.4) is 0 Å². The number of aryl methyl sites for hydroxylation is 1. The van der Waals surface area contributed by atoms with Gasteiger partial charge in [-0.1, -0.05) is 26.0 Å². The second-order valence-electron chi connectivity index (χ2n) is 8.67. The van der Waals surface area contributed by atoms with Crippen LogP contribution in [-0.4, -0.2) is 41.9 Å². The van der Waals surface area contributed by atoms with Crippen LogP contribution in [0.1, 0.15) is 66.3 Å². The van der Waals surface area contributed by atoms with Gasteiger partial charge in [0.15, 0.2) is 0 Å². The third-order valence-corrected chi connectivity index (χ3v) is 5.71. The Bertz CT molecular complexity index is 918. The molecule has 31 heavy (non-hydrogen) atoms. The number of rotatable bonds is 7. The number of ether oxygens (including phenoxy) is 1. The molecule has 0 saturated carbocycles. The van der Waals surface area contributed by atoms with E-state index in [0.29, 0.717) is 24.4 Å². The lowest BCUT2D eigenvalue weighted by molar-refractivity contribution is -0.133. The van der Waals surface area contributed by atoms with E-state index in [1.165, 1.54) is 0 Å². The Morgan fingerprint density at radius 3 is 2.61 bits per heavy atom. The minimum atomic E-state index is -0.122. The van der Waals surface area contributed by atoms with Gasteiger partial charge in [-0.05, 0) is 55.5 Å². The molecule has 0 spiro atoms. The number of hydrogen-bond acceptors (Lipinski definition) is 4. The van der Waals surface area contributed by atoms with E-state index in [9.17, 15) is 9.59 Å². The minimum absolute atomic E-state index is 0.122. The number of likely N-dealkylation sites (tertiary alicyclic amines) is 1. The predicted octanol–water partition coefficient (Wildman–Crippen LogP) is 4.08. The van der Waals surface area contributed by atoms with Crippen molar-refractivity contribution in [2.75, 3.05) is 20.2 Å². The highest BCUT2D eigenvalue weighted by Gasteiger charge is 2.28. The third-order valence-electron chi connectivity index (χ3n) is 5.71. The molecule has 0 radical (unpaired) electrons. The summed E-state index contributed by atoms with van der Waals surface area (Å²) >= 11 is 0. The predicted molar refractivity (Wildman–Crippen MR) is 121 cm³/mol. The van der Waals surface area contributed by atoms with E-state index in [0.717, 1.165) is 48.6 Å². The Balaban J connectivity index is 1.68. The van der Waals surface area contributed by atoms with E-state index in [4.69, 9.17) is 9.72 Å². The van der Waals surface area contributed by atoms with Crippen molar-refractivity contribution in [1.82, 2.24) is 15.2 Å². The molecular weight excluding hydrogens is 390 g/mol. The summed E-state index contributed by atoms with van der Waals surface area (Å²) < 4.78 is 5.25. The molecule has 1 aromatic heterocycles. The van der Waals surface area contributed by atoms with Crippen LogP contribution in [0.15, 0.2) is 36.4 Å². The second-order valence-corrected chi connectivity index (χ2v) is 8.67. The van der Waals surface area contributed by atoms with Gasteiger partial charge in [-0.25, -0.2) is 0 Å². The Morgan fingerprint density at radius 2 is 1.94 bits per heavy atom. The lowest BCUT2D eigenvalue weighted by atomic mass is 9.89. The fraction of sp³-hybridized carbons (Fsp3) is 0.480. The molecule has 0 atom stereocenters. The van der Waals surface area contributed by atoms with Crippen molar-refractivity contribution in [2.45, 2.75) is 52.5 Å². The fourth-order valence-corrected chi connectivity index (χ4v) is 4.02. The molecule has 0 aliphatic carbocycles. The number of carbonyl (C=O) groups excluding carboxylic acids is 2. The Hall–Kier alpha value is -2.89. The van der Waals surface area contributed by atoms with Crippen molar-refractivity contribution in [2.24, 2.45) is 5.92 Å². The number of piperidine rings is 1. The lowest BCUT2D eigenvalue weighted by Gasteiger charge is -2.33. The first-order valence-corrected chi connectivity index (χ1v) is 11.0. The second kappa shape index (κ2) is 10.4. The minimum Gasteiger partial charge on any atom is -0.497 e. The quantitative estimate of drug-likeness (QED) is 0.728. The number of methoxy groups -OCH3 is 1. The summed E-state index contributed by atoms with van der Waals surface area (Å²) in [5, 5.41) is 3.02. The molecule has 1 N–H and O–H groups in total. The first-order chi connectivity index (χ1) is 14.9. The largest absolute Gasteiger partial charge is 0.497 e. The maximum atomic E-state index is 13.0. The van der Waals surface area contributed by atoms with Crippen LogP contribution in [0, 0.1) is 12.8 Å². The van der Waals surface area contributed by atoms with Crippen LogP contribution < -0.4 is 10.1 Å². The fourth-order valence-electron chi connectivity index (χ4n) is 4.02. The molecule has 1 aliphatic rings. The van der Waals surface area contributed by atoms with Gasteiger partial charge in [0.1, 0.15) is 5.75 Å². The van der Waals surface area contributed by atoms with Gasteiger partial charge in [0.05, 0.1) is 18.4 Å². The number of carbonyl (C=O) groups is 2. The molecule has 0 bridgehead atoms. The van der Waals surface area contributed by atoms with Gasteiger partial charge >= 0.3 is 0 Å². The molecule has 1 aliphatic heterocycles. The SMILES string of the molecule is COc1cccc(CNC(=O)c2ccc(C)nc2C2CCN(C(=O)CC(C)C)CC2)c1. The molecule has 1 fully saturated rings. The van der Waals surface area contributed by atoms with Crippen LogP contribution in [0.2, 0.25) is 0 Å². The van der Waals surface area contributed by atoms with E-state index in [1.807, 2.05) is 48.2 Å². The normalized spacial score (nSPS) is 14.5. The number of benzene rings is 1. The van der Waals surface area contributed by atoms with E-state index in [1.54, 1.807) is 7.11 Å². The molecular formula is C25H33N3O3. The molecule has 166 valence electrons. The van der Waals surface area contributed by atoms with E-state index >= 15 is 0 Å². The Morgan fingerprint density at radius 1 is 1.19 bits per heavy atom. The number of nitrogens with one attached hydrogen (secondary N) is 1. The molecule has 6 nitrogen and oxygen atoms in total. The van der Waals surface area contributed by atoms with E-state index in [2.05, 4.69) is 19.2 Å². The monoisotopic (exact) mass is 423 g/mol. The lowest BCUT2D eigenvalue weighted by Crippen LogP contribution is -2.39. The summed E-state index contributed by atoms with van der Waals surface area (Å²) in [4.78, 5) is 32.1. The Kier molecular flexibility index (Phi) is 7.66. The number of hydrogen-bond donors (Lipinski definition) is 1. The highest BCUT2D eigenvalue weighted by atomic mass is 16.5. The van der Waals surface area contributed by atoms with Crippen LogP contribution in [0.5, 0.6) is 5.75 Å². The zero-order chi connectivity index (χ0) is 22.4. The van der Waals surface area contributed by atoms with Gasteiger partial charge in [0.2, 0.25) is 5.91 Å². The molecule has 1 aromatic carbocycles. The van der Waals surface area contributed by atoms with Gasteiger partial charge in [-0.3, -0.25) is 14.6 Å². The average Bonchev–Trinajstić information content (AvgIpc) is 2.77. The third kappa shape index (κ3) is 6.06. The van der Waals surface area contributed by atoms with Crippen molar-refractivity contribution in [3.8, 4) is 5.75 Å². The number of amides is 2. The van der Waals surface area contributed by atoms with Crippen LogP contribution >= 0.6 is 0 Å². The van der Waals surface area contributed by atoms with Gasteiger partial charge in [0.25, 0.3) is 5.91 Å². The molecule has 2 amide bonds. The number of nitrogens with zero attached hydrogens (tertiary/aromatic N) is 2. The molecule has 3 rings (SSSR count). The summed E-state index contributed by atoms with van der Waals surface area (Å²) in [5.74, 6) is 1.41. The summed E-state index contributed by atoms with van der Waals surface area (Å²) in [6.07, 6.45) is 2.25.